The molecule has 0 aliphatic heterocycles. The molecule has 0 spiro atoms. The molecular weight excluding hydrogens is 357 g/mol. The van der Waals surface area contributed by atoms with E-state index in [0.29, 0.717) is 0 Å². The van der Waals surface area contributed by atoms with Gasteiger partial charge in [0.15, 0.2) is 0 Å². The Morgan fingerprint density at radius 1 is 1.36 bits per heavy atom. The Morgan fingerprint density at radius 2 is 2.00 bits per heavy atom. The standard InChI is InChI=1S/C13H10Cl3NO5/c1-2-22-12(19)10(11(18)13(14,15)16)7-8-4-3-5-9(6-8)17(20)21/h3-7H,2H2,1H3. The number of nitro groups is 1. The molecule has 118 valence electrons. The van der Waals surface area contributed by atoms with Crippen molar-refractivity contribution in [3.8, 4) is 0 Å². The molecule has 0 heterocycles. The SMILES string of the molecule is CCOC(=O)C(=Cc1cccc([N+](=O)[O-])c1)C(=O)C(Cl)(Cl)Cl. The van der Waals surface area contributed by atoms with Crippen molar-refractivity contribution >= 4 is 58.3 Å². The summed E-state index contributed by atoms with van der Waals surface area (Å²) in [5.74, 6) is -2.06. The highest BCUT2D eigenvalue weighted by atomic mass is 35.6. The normalized spacial score (nSPS) is 11.9. The van der Waals surface area contributed by atoms with Crippen LogP contribution >= 0.6 is 34.8 Å². The molecular formula is C13H10Cl3NO5. The van der Waals surface area contributed by atoms with Gasteiger partial charge in [0.1, 0.15) is 5.57 Å². The van der Waals surface area contributed by atoms with Crippen LogP contribution in [0, 0.1) is 10.1 Å². The number of non-ortho nitro benzene ring substituents is 1. The lowest BCUT2D eigenvalue weighted by Crippen LogP contribution is -2.26. The first kappa shape index (κ1) is 18.4. The zero-order chi connectivity index (χ0) is 16.9. The van der Waals surface area contributed by atoms with E-state index in [1.807, 2.05) is 0 Å². The van der Waals surface area contributed by atoms with Crippen LogP contribution in [0.3, 0.4) is 0 Å². The van der Waals surface area contributed by atoms with E-state index in [1.165, 1.54) is 24.3 Å². The van der Waals surface area contributed by atoms with E-state index in [9.17, 15) is 19.7 Å². The van der Waals surface area contributed by atoms with E-state index in [2.05, 4.69) is 0 Å². The summed E-state index contributed by atoms with van der Waals surface area (Å²) in [7, 11) is 0. The molecule has 0 amide bonds. The summed E-state index contributed by atoms with van der Waals surface area (Å²) in [6, 6.07) is 5.29. The Hall–Kier alpha value is -1.63. The molecule has 0 fully saturated rings. The maximum Gasteiger partial charge on any atom is 0.341 e. The first-order chi connectivity index (χ1) is 10.2. The number of carbonyl (C=O) groups excluding carboxylic acids is 2. The largest absolute Gasteiger partial charge is 0.462 e. The number of alkyl halides is 3. The Bertz CT molecular complexity index is 637. The summed E-state index contributed by atoms with van der Waals surface area (Å²) in [6.45, 7) is 1.56. The van der Waals surface area contributed by atoms with Crippen LogP contribution in [0.1, 0.15) is 12.5 Å². The van der Waals surface area contributed by atoms with Crippen LogP contribution in [0.2, 0.25) is 0 Å². The minimum absolute atomic E-state index is 0.0122. The van der Waals surface area contributed by atoms with Crippen molar-refractivity contribution in [2.45, 2.75) is 10.7 Å². The second kappa shape index (κ2) is 7.58. The Balaban J connectivity index is 3.32. The second-order valence-corrected chi connectivity index (χ2v) is 6.24. The molecule has 0 saturated heterocycles. The van der Waals surface area contributed by atoms with Gasteiger partial charge in [-0.3, -0.25) is 14.9 Å². The third-order valence-corrected chi connectivity index (χ3v) is 2.90. The molecule has 0 bridgehead atoms. The predicted molar refractivity (Wildman–Crippen MR) is 83.0 cm³/mol. The van der Waals surface area contributed by atoms with Crippen molar-refractivity contribution in [2.75, 3.05) is 6.61 Å². The summed E-state index contributed by atoms with van der Waals surface area (Å²) in [6.07, 6.45) is 1.08. The van der Waals surface area contributed by atoms with Gasteiger partial charge in [0.05, 0.1) is 11.5 Å². The van der Waals surface area contributed by atoms with Crippen LogP contribution in [0.4, 0.5) is 5.69 Å². The molecule has 0 saturated carbocycles. The first-order valence-corrected chi connectivity index (χ1v) is 7.05. The number of hydrogen-bond donors (Lipinski definition) is 0. The minimum atomic E-state index is -2.35. The Morgan fingerprint density at radius 3 is 2.50 bits per heavy atom. The Labute approximate surface area is 140 Å². The smallest absolute Gasteiger partial charge is 0.341 e. The van der Waals surface area contributed by atoms with Gasteiger partial charge in [0.2, 0.25) is 5.78 Å². The lowest BCUT2D eigenvalue weighted by molar-refractivity contribution is -0.384. The number of hydrogen-bond acceptors (Lipinski definition) is 5. The molecule has 1 aromatic carbocycles. The number of halogens is 3. The highest BCUT2D eigenvalue weighted by Gasteiger charge is 2.37. The Kier molecular flexibility index (Phi) is 6.34. The predicted octanol–water partition coefficient (Wildman–Crippen LogP) is 3.48. The van der Waals surface area contributed by atoms with Gasteiger partial charge < -0.3 is 4.74 Å². The zero-order valence-corrected chi connectivity index (χ0v) is 13.5. The van der Waals surface area contributed by atoms with Crippen LogP contribution in [0.5, 0.6) is 0 Å². The topological polar surface area (TPSA) is 86.5 Å². The van der Waals surface area contributed by atoms with E-state index in [0.717, 1.165) is 6.08 Å². The number of nitro benzene ring substituents is 1. The number of rotatable bonds is 5. The molecule has 0 aromatic heterocycles. The summed E-state index contributed by atoms with van der Waals surface area (Å²) in [5, 5.41) is 10.7. The zero-order valence-electron chi connectivity index (χ0n) is 11.2. The maximum atomic E-state index is 12.0. The van der Waals surface area contributed by atoms with E-state index < -0.39 is 26.0 Å². The fourth-order valence-corrected chi connectivity index (χ4v) is 1.78. The maximum absolute atomic E-state index is 12.0. The number of ether oxygens (including phenoxy) is 1. The summed E-state index contributed by atoms with van der Waals surface area (Å²) in [5.41, 5.74) is -0.500. The number of nitrogens with zero attached hydrogens (tertiary/aromatic N) is 1. The van der Waals surface area contributed by atoms with Gasteiger partial charge in [-0.1, -0.05) is 46.9 Å². The molecule has 9 heteroatoms. The number of ketones is 1. The van der Waals surface area contributed by atoms with Gasteiger partial charge in [0, 0.05) is 12.1 Å². The molecule has 22 heavy (non-hydrogen) atoms. The van der Waals surface area contributed by atoms with Crippen molar-refractivity contribution in [1.29, 1.82) is 0 Å². The van der Waals surface area contributed by atoms with E-state index in [-0.39, 0.29) is 17.9 Å². The molecule has 0 radical (unpaired) electrons. The number of Topliss-reactive ketones (excluding diaryl/α,β-unsaturated/α-hetero) is 1. The van der Waals surface area contributed by atoms with Crippen molar-refractivity contribution in [2.24, 2.45) is 0 Å². The van der Waals surface area contributed by atoms with E-state index >= 15 is 0 Å². The van der Waals surface area contributed by atoms with Gasteiger partial charge in [0.25, 0.3) is 9.48 Å². The molecule has 0 N–H and O–H groups in total. The average Bonchev–Trinajstić information content (AvgIpc) is 2.43. The molecule has 1 rings (SSSR count). The molecule has 1 aromatic rings. The lowest BCUT2D eigenvalue weighted by Gasteiger charge is -2.12. The molecule has 0 aliphatic carbocycles. The minimum Gasteiger partial charge on any atom is -0.462 e. The van der Waals surface area contributed by atoms with E-state index in [1.54, 1.807) is 6.92 Å². The van der Waals surface area contributed by atoms with Gasteiger partial charge in [-0.2, -0.15) is 0 Å². The van der Waals surface area contributed by atoms with Crippen molar-refractivity contribution < 1.29 is 19.2 Å². The fourth-order valence-electron chi connectivity index (χ4n) is 1.47. The van der Waals surface area contributed by atoms with Crippen molar-refractivity contribution in [3.63, 3.8) is 0 Å². The molecule has 0 atom stereocenters. The van der Waals surface area contributed by atoms with Crippen LogP contribution in [0.25, 0.3) is 6.08 Å². The molecule has 0 unspecified atom stereocenters. The van der Waals surface area contributed by atoms with E-state index in [4.69, 9.17) is 39.5 Å². The van der Waals surface area contributed by atoms with Gasteiger partial charge >= 0.3 is 5.97 Å². The number of esters is 1. The quantitative estimate of drug-likeness (QED) is 0.151. The van der Waals surface area contributed by atoms with Crippen LogP contribution in [-0.4, -0.2) is 27.1 Å². The lowest BCUT2D eigenvalue weighted by atomic mass is 10.1. The third kappa shape index (κ3) is 4.98. The van der Waals surface area contributed by atoms with Crippen LogP contribution in [-0.2, 0) is 14.3 Å². The highest BCUT2D eigenvalue weighted by molar-refractivity contribution is 6.78. The number of carbonyl (C=O) groups is 2. The van der Waals surface area contributed by atoms with Gasteiger partial charge in [-0.25, -0.2) is 4.79 Å². The second-order valence-electron chi connectivity index (χ2n) is 3.96. The van der Waals surface area contributed by atoms with Gasteiger partial charge in [-0.15, -0.1) is 0 Å². The fraction of sp³-hybridized carbons (Fsp3) is 0.231. The summed E-state index contributed by atoms with van der Waals surface area (Å²) >= 11 is 16.5. The molecule has 0 aliphatic rings. The summed E-state index contributed by atoms with van der Waals surface area (Å²) < 4.78 is 2.38. The monoisotopic (exact) mass is 365 g/mol. The highest BCUT2D eigenvalue weighted by Crippen LogP contribution is 2.31. The summed E-state index contributed by atoms with van der Waals surface area (Å²) in [4.78, 5) is 34.0. The van der Waals surface area contributed by atoms with Crippen molar-refractivity contribution in [3.05, 3.63) is 45.5 Å². The van der Waals surface area contributed by atoms with Crippen molar-refractivity contribution in [1.82, 2.24) is 0 Å². The van der Waals surface area contributed by atoms with Gasteiger partial charge in [-0.05, 0) is 18.6 Å². The van der Waals surface area contributed by atoms with Crippen LogP contribution < -0.4 is 0 Å². The number of benzene rings is 1. The first-order valence-electron chi connectivity index (χ1n) is 5.91. The van der Waals surface area contributed by atoms with Crippen LogP contribution in [0.15, 0.2) is 29.8 Å². The average molecular weight is 367 g/mol. The third-order valence-electron chi connectivity index (χ3n) is 2.39. The molecule has 6 nitrogen and oxygen atoms in total.